The number of carbonyl (C=O) groups is 1. The van der Waals surface area contributed by atoms with E-state index in [1.165, 1.54) is 6.07 Å². The summed E-state index contributed by atoms with van der Waals surface area (Å²) in [6.07, 6.45) is 0.697. The Morgan fingerprint density at radius 3 is 2.47 bits per heavy atom. The summed E-state index contributed by atoms with van der Waals surface area (Å²) in [5, 5.41) is 15.4. The van der Waals surface area contributed by atoms with Gasteiger partial charge in [0, 0.05) is 18.0 Å². The standard InChI is InChI=1S/C26H25ClFN3O/c1-19(31-25(32)30-15-14-20-6-3-2-4-7-20)26(28,17-21-10-12-24(27)13-11-21)23-9-5-8-22(16-23)18-29/h2-13,16,19H,14-15,17H2,1H3,(H2,30,31,32)/t19-,26?/m0/s1. The molecule has 0 spiro atoms. The Hall–Kier alpha value is -3.36. The predicted molar refractivity (Wildman–Crippen MR) is 125 cm³/mol. The normalized spacial score (nSPS) is 13.4. The number of carbonyl (C=O) groups excluding carboxylic acids is 1. The molecule has 3 rings (SSSR count). The van der Waals surface area contributed by atoms with Gasteiger partial charge in [-0.15, -0.1) is 0 Å². The highest BCUT2D eigenvalue weighted by atomic mass is 35.5. The van der Waals surface area contributed by atoms with Gasteiger partial charge in [0.05, 0.1) is 17.7 Å². The maximum atomic E-state index is 16.6. The molecule has 0 heterocycles. The number of rotatable bonds is 8. The summed E-state index contributed by atoms with van der Waals surface area (Å²) in [7, 11) is 0. The molecule has 3 aromatic rings. The first-order valence-corrected chi connectivity index (χ1v) is 10.8. The third-order valence-corrected chi connectivity index (χ3v) is 5.67. The number of nitrogens with zero attached hydrogens (tertiary/aromatic N) is 1. The summed E-state index contributed by atoms with van der Waals surface area (Å²) in [5.74, 6) is 0. The highest BCUT2D eigenvalue weighted by Gasteiger charge is 2.39. The highest BCUT2D eigenvalue weighted by Crippen LogP contribution is 2.35. The lowest BCUT2D eigenvalue weighted by Gasteiger charge is -2.33. The monoisotopic (exact) mass is 449 g/mol. The van der Waals surface area contributed by atoms with Crippen LogP contribution < -0.4 is 10.6 Å². The Labute approximate surface area is 193 Å². The van der Waals surface area contributed by atoms with Crippen molar-refractivity contribution in [1.29, 1.82) is 5.26 Å². The summed E-state index contributed by atoms with van der Waals surface area (Å²) in [4.78, 5) is 12.5. The Bertz CT molecular complexity index is 1080. The van der Waals surface area contributed by atoms with Crippen molar-refractivity contribution in [3.63, 3.8) is 0 Å². The van der Waals surface area contributed by atoms with Crippen molar-refractivity contribution in [2.75, 3.05) is 6.54 Å². The average Bonchev–Trinajstić information content (AvgIpc) is 2.81. The van der Waals surface area contributed by atoms with Gasteiger partial charge < -0.3 is 10.6 Å². The summed E-state index contributed by atoms with van der Waals surface area (Å²) in [5.41, 5.74) is 0.607. The molecule has 0 aromatic heterocycles. The zero-order valence-corrected chi connectivity index (χ0v) is 18.6. The molecule has 0 radical (unpaired) electrons. The smallest absolute Gasteiger partial charge is 0.315 e. The van der Waals surface area contributed by atoms with Crippen molar-refractivity contribution in [2.24, 2.45) is 0 Å². The van der Waals surface area contributed by atoms with Gasteiger partial charge in [-0.2, -0.15) is 5.26 Å². The lowest BCUT2D eigenvalue weighted by atomic mass is 9.83. The first kappa shape index (κ1) is 23.3. The van der Waals surface area contributed by atoms with Gasteiger partial charge in [-0.25, -0.2) is 9.18 Å². The van der Waals surface area contributed by atoms with Crippen LogP contribution in [-0.2, 0) is 18.5 Å². The topological polar surface area (TPSA) is 64.9 Å². The molecule has 0 saturated heterocycles. The van der Waals surface area contributed by atoms with Crippen molar-refractivity contribution in [3.05, 3.63) is 106 Å². The minimum atomic E-state index is -1.93. The lowest BCUT2D eigenvalue weighted by molar-refractivity contribution is 0.114. The fraction of sp³-hybridized carbons (Fsp3) is 0.231. The molecule has 0 saturated carbocycles. The number of nitrogens with one attached hydrogen (secondary N) is 2. The van der Waals surface area contributed by atoms with Gasteiger partial charge in [0.15, 0.2) is 5.67 Å². The van der Waals surface area contributed by atoms with Crippen LogP contribution in [0.25, 0.3) is 0 Å². The first-order chi connectivity index (χ1) is 15.4. The highest BCUT2D eigenvalue weighted by molar-refractivity contribution is 6.30. The van der Waals surface area contributed by atoms with Gasteiger partial charge >= 0.3 is 6.03 Å². The second-order valence-corrected chi connectivity index (χ2v) is 8.15. The van der Waals surface area contributed by atoms with Gasteiger partial charge in [-0.3, -0.25) is 0 Å². The van der Waals surface area contributed by atoms with Crippen molar-refractivity contribution < 1.29 is 9.18 Å². The molecule has 3 aromatic carbocycles. The Morgan fingerprint density at radius 1 is 1.06 bits per heavy atom. The maximum absolute atomic E-state index is 16.6. The Morgan fingerprint density at radius 2 is 1.78 bits per heavy atom. The molecule has 0 aliphatic carbocycles. The number of benzene rings is 3. The number of hydrogen-bond donors (Lipinski definition) is 2. The predicted octanol–water partition coefficient (Wildman–Crippen LogP) is 5.55. The molecule has 0 aliphatic rings. The number of nitriles is 1. The van der Waals surface area contributed by atoms with Gasteiger partial charge in [0.25, 0.3) is 0 Å². The molecule has 164 valence electrons. The average molecular weight is 450 g/mol. The molecule has 2 N–H and O–H groups in total. The SMILES string of the molecule is C[C@H](NC(=O)NCCc1ccccc1)C(F)(Cc1ccc(Cl)cc1)c1cccc(C#N)c1. The van der Waals surface area contributed by atoms with E-state index in [1.807, 2.05) is 30.3 Å². The number of alkyl halides is 1. The zero-order valence-electron chi connectivity index (χ0n) is 17.8. The molecule has 0 bridgehead atoms. The van der Waals surface area contributed by atoms with Gasteiger partial charge in [0.2, 0.25) is 0 Å². The molecular formula is C26H25ClFN3O. The van der Waals surface area contributed by atoms with E-state index in [0.717, 1.165) is 11.1 Å². The van der Waals surface area contributed by atoms with Crippen LogP contribution in [0.3, 0.4) is 0 Å². The number of hydrogen-bond acceptors (Lipinski definition) is 2. The number of amides is 2. The van der Waals surface area contributed by atoms with Crippen LogP contribution >= 0.6 is 11.6 Å². The van der Waals surface area contributed by atoms with Crippen LogP contribution in [0.15, 0.2) is 78.9 Å². The fourth-order valence-corrected chi connectivity index (χ4v) is 3.70. The summed E-state index contributed by atoms with van der Waals surface area (Å²) >= 11 is 5.97. The maximum Gasteiger partial charge on any atom is 0.315 e. The summed E-state index contributed by atoms with van der Waals surface area (Å²) in [6, 6.07) is 23.9. The minimum absolute atomic E-state index is 0.0184. The van der Waals surface area contributed by atoms with E-state index >= 15 is 4.39 Å². The summed E-state index contributed by atoms with van der Waals surface area (Å²) in [6.45, 7) is 2.06. The van der Waals surface area contributed by atoms with Crippen molar-refractivity contribution in [1.82, 2.24) is 10.6 Å². The van der Waals surface area contributed by atoms with E-state index in [9.17, 15) is 10.1 Å². The summed E-state index contributed by atoms with van der Waals surface area (Å²) < 4.78 is 16.6. The van der Waals surface area contributed by atoms with Gasteiger partial charge in [-0.1, -0.05) is 66.2 Å². The van der Waals surface area contributed by atoms with E-state index in [0.29, 0.717) is 29.1 Å². The molecule has 2 amide bonds. The van der Waals surface area contributed by atoms with Crippen LogP contribution in [0.1, 0.15) is 29.2 Å². The van der Waals surface area contributed by atoms with Crippen LogP contribution in [0, 0.1) is 11.3 Å². The van der Waals surface area contributed by atoms with Crippen LogP contribution in [0.4, 0.5) is 9.18 Å². The van der Waals surface area contributed by atoms with Crippen molar-refractivity contribution >= 4 is 17.6 Å². The van der Waals surface area contributed by atoms with E-state index in [1.54, 1.807) is 49.4 Å². The largest absolute Gasteiger partial charge is 0.338 e. The second kappa shape index (κ2) is 10.8. The first-order valence-electron chi connectivity index (χ1n) is 10.4. The van der Waals surface area contributed by atoms with Crippen LogP contribution in [-0.4, -0.2) is 18.6 Å². The third-order valence-electron chi connectivity index (χ3n) is 5.42. The number of halogens is 2. The van der Waals surface area contributed by atoms with Crippen LogP contribution in [0.5, 0.6) is 0 Å². The molecule has 0 aliphatic heterocycles. The van der Waals surface area contributed by atoms with E-state index in [-0.39, 0.29) is 6.42 Å². The van der Waals surface area contributed by atoms with Gasteiger partial charge in [0.1, 0.15) is 0 Å². The van der Waals surface area contributed by atoms with Crippen LogP contribution in [0.2, 0.25) is 5.02 Å². The zero-order chi connectivity index (χ0) is 23.0. The molecule has 6 heteroatoms. The lowest BCUT2D eigenvalue weighted by Crippen LogP contribution is -2.51. The Kier molecular flexibility index (Phi) is 7.86. The van der Waals surface area contributed by atoms with Crippen molar-refractivity contribution in [3.8, 4) is 6.07 Å². The molecule has 1 unspecified atom stereocenters. The third kappa shape index (κ3) is 6.09. The quantitative estimate of drug-likeness (QED) is 0.473. The molecular weight excluding hydrogens is 425 g/mol. The Balaban J connectivity index is 1.74. The van der Waals surface area contributed by atoms with E-state index < -0.39 is 17.7 Å². The molecule has 4 nitrogen and oxygen atoms in total. The van der Waals surface area contributed by atoms with E-state index in [4.69, 9.17) is 11.6 Å². The second-order valence-electron chi connectivity index (χ2n) is 7.72. The molecule has 2 atom stereocenters. The minimum Gasteiger partial charge on any atom is -0.338 e. The van der Waals surface area contributed by atoms with E-state index in [2.05, 4.69) is 16.7 Å². The number of urea groups is 1. The van der Waals surface area contributed by atoms with Gasteiger partial charge in [-0.05, 0) is 54.3 Å². The molecule has 32 heavy (non-hydrogen) atoms. The molecule has 0 fully saturated rings. The van der Waals surface area contributed by atoms with Crippen molar-refractivity contribution in [2.45, 2.75) is 31.5 Å². The fourth-order valence-electron chi connectivity index (χ4n) is 3.58.